The average molecular weight is 617 g/mol. The molecule has 0 bridgehead atoms. The molecule has 0 unspecified atom stereocenters. The maximum Gasteiger partial charge on any atom is 0.0543 e. The van der Waals surface area contributed by atoms with E-state index in [4.69, 9.17) is 0 Å². The molecule has 0 radical (unpaired) electrons. The van der Waals surface area contributed by atoms with Crippen LogP contribution in [0.1, 0.15) is 101 Å². The molecule has 6 rings (SSSR count). The molecule has 0 saturated carbocycles. The predicted molar refractivity (Wildman–Crippen MR) is 189 cm³/mol. The van der Waals surface area contributed by atoms with Crippen molar-refractivity contribution in [3.63, 3.8) is 0 Å². The predicted octanol–water partition coefficient (Wildman–Crippen LogP) is 13.3. The van der Waals surface area contributed by atoms with Crippen molar-refractivity contribution in [1.29, 1.82) is 0 Å². The Labute approximate surface area is 260 Å². The Morgan fingerprint density at radius 3 is 1.31 bits per heavy atom. The van der Waals surface area contributed by atoms with Crippen LogP contribution in [0.4, 0.5) is 17.1 Å². The van der Waals surface area contributed by atoms with Crippen LogP contribution in [0.15, 0.2) is 89.4 Å². The Bertz CT molecular complexity index is 1820. The first-order valence-electron chi connectivity index (χ1n) is 15.5. The number of anilines is 3. The Morgan fingerprint density at radius 2 is 0.857 bits per heavy atom. The van der Waals surface area contributed by atoms with Crippen LogP contribution in [0.25, 0.3) is 32.3 Å². The number of halogens is 1. The molecule has 214 valence electrons. The van der Waals surface area contributed by atoms with Crippen molar-refractivity contribution in [3.8, 4) is 0 Å². The molecule has 0 atom stereocenters. The molecule has 0 heterocycles. The quantitative estimate of drug-likeness (QED) is 0.161. The van der Waals surface area contributed by atoms with Gasteiger partial charge in [0.25, 0.3) is 0 Å². The van der Waals surface area contributed by atoms with Crippen LogP contribution < -0.4 is 4.90 Å². The minimum Gasteiger partial charge on any atom is -0.310 e. The van der Waals surface area contributed by atoms with E-state index >= 15 is 0 Å². The molecule has 0 aliphatic carbocycles. The fraction of sp³-hybridized carbons (Fsp3) is 0.300. The highest BCUT2D eigenvalue weighted by Crippen LogP contribution is 2.48. The second-order valence-electron chi connectivity index (χ2n) is 13.1. The summed E-state index contributed by atoms with van der Waals surface area (Å²) in [4.78, 5) is 2.48. The molecule has 0 N–H and O–H groups in total. The van der Waals surface area contributed by atoms with Crippen LogP contribution in [-0.4, -0.2) is 0 Å². The van der Waals surface area contributed by atoms with Crippen molar-refractivity contribution in [2.75, 3.05) is 4.90 Å². The van der Waals surface area contributed by atoms with Gasteiger partial charge >= 0.3 is 0 Å². The fourth-order valence-electron chi connectivity index (χ4n) is 6.57. The van der Waals surface area contributed by atoms with Crippen LogP contribution >= 0.6 is 15.9 Å². The Morgan fingerprint density at radius 1 is 0.452 bits per heavy atom. The summed E-state index contributed by atoms with van der Waals surface area (Å²) < 4.78 is 1.18. The van der Waals surface area contributed by atoms with E-state index in [-0.39, 0.29) is 0 Å². The Kier molecular flexibility index (Phi) is 7.56. The minimum absolute atomic E-state index is 0.384. The van der Waals surface area contributed by atoms with E-state index in [1.165, 1.54) is 76.1 Å². The first kappa shape index (κ1) is 28.7. The molecule has 0 aliphatic rings. The zero-order valence-corrected chi connectivity index (χ0v) is 27.8. The van der Waals surface area contributed by atoms with Gasteiger partial charge in [-0.3, -0.25) is 0 Å². The lowest BCUT2D eigenvalue weighted by atomic mass is 9.85. The lowest BCUT2D eigenvalue weighted by Gasteiger charge is -2.30. The molecule has 0 aromatic heterocycles. The summed E-state index contributed by atoms with van der Waals surface area (Å²) in [5.41, 5.74) is 9.11. The monoisotopic (exact) mass is 615 g/mol. The van der Waals surface area contributed by atoms with Gasteiger partial charge in [-0.05, 0) is 109 Å². The molecule has 0 spiro atoms. The van der Waals surface area contributed by atoms with E-state index in [1.807, 2.05) is 0 Å². The zero-order chi connectivity index (χ0) is 29.9. The summed E-state index contributed by atoms with van der Waals surface area (Å²) in [6, 6.07) is 32.6. The van der Waals surface area contributed by atoms with Gasteiger partial charge in [0.15, 0.2) is 0 Å². The van der Waals surface area contributed by atoms with Crippen LogP contribution in [0.5, 0.6) is 0 Å². The fourth-order valence-corrected chi connectivity index (χ4v) is 7.15. The summed E-state index contributed by atoms with van der Waals surface area (Å²) in [7, 11) is 0. The largest absolute Gasteiger partial charge is 0.310 e. The molecular weight excluding hydrogens is 574 g/mol. The first-order chi connectivity index (χ1) is 20.1. The van der Waals surface area contributed by atoms with Gasteiger partial charge in [-0.15, -0.1) is 0 Å². The second-order valence-corrected chi connectivity index (χ2v) is 14.0. The van der Waals surface area contributed by atoms with Crippen molar-refractivity contribution < 1.29 is 0 Å². The summed E-state index contributed by atoms with van der Waals surface area (Å²) >= 11 is 3.96. The van der Waals surface area contributed by atoms with Crippen molar-refractivity contribution >= 4 is 65.3 Å². The zero-order valence-electron chi connectivity index (χ0n) is 26.2. The molecule has 0 saturated heterocycles. The van der Waals surface area contributed by atoms with Crippen LogP contribution in [-0.2, 0) is 0 Å². The average Bonchev–Trinajstić information content (AvgIpc) is 2.97. The summed E-state index contributed by atoms with van der Waals surface area (Å²) in [5.74, 6) is 1.81. The lowest BCUT2D eigenvalue weighted by molar-refractivity contribution is 0.865. The van der Waals surface area contributed by atoms with Gasteiger partial charge < -0.3 is 4.90 Å². The Balaban J connectivity index is 1.73. The highest BCUT2D eigenvalue weighted by molar-refractivity contribution is 9.10. The Hall–Kier alpha value is -3.36. The van der Waals surface area contributed by atoms with Gasteiger partial charge in [0, 0.05) is 21.2 Å². The van der Waals surface area contributed by atoms with Crippen LogP contribution in [0.3, 0.4) is 0 Å². The first-order valence-corrected chi connectivity index (χ1v) is 16.3. The summed E-state index contributed by atoms with van der Waals surface area (Å²) in [5, 5.41) is 8.05. The van der Waals surface area contributed by atoms with Crippen molar-refractivity contribution in [1.82, 2.24) is 0 Å². The van der Waals surface area contributed by atoms with Gasteiger partial charge in [-0.1, -0.05) is 120 Å². The molecule has 2 heteroatoms. The summed E-state index contributed by atoms with van der Waals surface area (Å²) in [6.45, 7) is 18.3. The third-order valence-corrected chi connectivity index (χ3v) is 9.67. The topological polar surface area (TPSA) is 3.24 Å². The SMILES string of the molecule is CC(C)c1ccc(N(c2ccc(C(C)C)cc2)c2cc(C(C)C)c3ccc4c(Br)cc(C(C)C)c5ccc2c3c45)cc1. The number of rotatable bonds is 7. The van der Waals surface area contributed by atoms with Crippen molar-refractivity contribution in [3.05, 3.63) is 112 Å². The molecular formula is C40H42BrN. The van der Waals surface area contributed by atoms with E-state index in [9.17, 15) is 0 Å². The normalized spacial score (nSPS) is 12.3. The maximum atomic E-state index is 3.96. The number of hydrogen-bond acceptors (Lipinski definition) is 1. The van der Waals surface area contributed by atoms with Gasteiger partial charge in [-0.25, -0.2) is 0 Å². The smallest absolute Gasteiger partial charge is 0.0543 e. The van der Waals surface area contributed by atoms with Crippen molar-refractivity contribution in [2.24, 2.45) is 0 Å². The van der Waals surface area contributed by atoms with E-state index in [0.29, 0.717) is 23.7 Å². The van der Waals surface area contributed by atoms with E-state index in [0.717, 1.165) is 0 Å². The molecule has 1 nitrogen and oxygen atoms in total. The van der Waals surface area contributed by atoms with E-state index < -0.39 is 0 Å². The third-order valence-electron chi connectivity index (χ3n) is 9.01. The van der Waals surface area contributed by atoms with E-state index in [1.54, 1.807) is 0 Å². The van der Waals surface area contributed by atoms with Crippen molar-refractivity contribution in [2.45, 2.75) is 79.1 Å². The van der Waals surface area contributed by atoms with Gasteiger partial charge in [0.1, 0.15) is 0 Å². The number of nitrogens with zero attached hydrogens (tertiary/aromatic N) is 1. The molecule has 0 amide bonds. The van der Waals surface area contributed by atoms with Crippen LogP contribution in [0, 0.1) is 0 Å². The second kappa shape index (κ2) is 11.0. The highest BCUT2D eigenvalue weighted by atomic mass is 79.9. The van der Waals surface area contributed by atoms with Gasteiger partial charge in [0.05, 0.1) is 5.69 Å². The number of hydrogen-bond donors (Lipinski definition) is 0. The molecule has 42 heavy (non-hydrogen) atoms. The minimum atomic E-state index is 0.384. The lowest BCUT2D eigenvalue weighted by Crippen LogP contribution is -2.12. The highest BCUT2D eigenvalue weighted by Gasteiger charge is 2.23. The third kappa shape index (κ3) is 4.78. The van der Waals surface area contributed by atoms with E-state index in [2.05, 4.69) is 161 Å². The number of benzene rings is 6. The molecule has 0 aliphatic heterocycles. The van der Waals surface area contributed by atoms with Gasteiger partial charge in [-0.2, -0.15) is 0 Å². The molecule has 6 aromatic carbocycles. The molecule has 6 aromatic rings. The summed E-state index contributed by atoms with van der Waals surface area (Å²) in [6.07, 6.45) is 0. The standard InChI is InChI=1S/C40H42BrN/c1-23(2)27-9-13-29(14-10-27)42(30-15-11-28(12-16-30)24(3)4)38-22-36(26(7)8)32-17-19-33-37(41)21-35(25(5)6)31-18-20-34(38)40(32)39(31)33/h9-26H,1-8H3. The van der Waals surface area contributed by atoms with Gasteiger partial charge in [0.2, 0.25) is 0 Å². The van der Waals surface area contributed by atoms with Crippen LogP contribution in [0.2, 0.25) is 0 Å². The maximum absolute atomic E-state index is 3.96. The molecule has 0 fully saturated rings.